The zero-order valence-electron chi connectivity index (χ0n) is 14.3. The number of nitrogens with one attached hydrogen (secondary N) is 1. The molecule has 1 N–H and O–H groups in total. The third-order valence-electron chi connectivity index (χ3n) is 4.12. The van der Waals surface area contributed by atoms with Crippen LogP contribution in [0.3, 0.4) is 0 Å². The summed E-state index contributed by atoms with van der Waals surface area (Å²) in [7, 11) is 0. The standard InChI is InChI=1S/C19H17F3N2O3/c20-19(21,22)15-6-4-13(5-7-15)11-17(25)23-12-14-2-1-3-16(10-14)24-8-9-27-18(24)26/h1-7,10H,8-9,11-12H2,(H,23,25). The zero-order chi connectivity index (χ0) is 19.4. The van der Waals surface area contributed by atoms with Crippen molar-refractivity contribution in [2.45, 2.75) is 19.1 Å². The molecule has 0 saturated carbocycles. The predicted octanol–water partition coefficient (Wildman–Crippen LogP) is 3.52. The minimum Gasteiger partial charge on any atom is -0.447 e. The summed E-state index contributed by atoms with van der Waals surface area (Å²) in [6.07, 6.45) is -4.82. The lowest BCUT2D eigenvalue weighted by atomic mass is 10.1. The average Bonchev–Trinajstić information content (AvgIpc) is 3.06. The van der Waals surface area contributed by atoms with Crippen LogP contribution in [-0.4, -0.2) is 25.2 Å². The van der Waals surface area contributed by atoms with Crippen LogP contribution in [0.1, 0.15) is 16.7 Å². The van der Waals surface area contributed by atoms with Crippen LogP contribution in [0, 0.1) is 0 Å². The molecule has 0 unspecified atom stereocenters. The summed E-state index contributed by atoms with van der Waals surface area (Å²) in [5.41, 5.74) is 1.23. The number of carbonyl (C=O) groups excluding carboxylic acids is 2. The predicted molar refractivity (Wildman–Crippen MR) is 92.1 cm³/mol. The fraction of sp³-hybridized carbons (Fsp3) is 0.263. The highest BCUT2D eigenvalue weighted by Gasteiger charge is 2.30. The normalized spacial score (nSPS) is 14.2. The van der Waals surface area contributed by atoms with Gasteiger partial charge in [0.1, 0.15) is 6.61 Å². The van der Waals surface area contributed by atoms with Crippen molar-refractivity contribution in [3.8, 4) is 0 Å². The van der Waals surface area contributed by atoms with E-state index in [0.717, 1.165) is 17.7 Å². The van der Waals surface area contributed by atoms with Crippen LogP contribution in [0.2, 0.25) is 0 Å². The maximum Gasteiger partial charge on any atom is 0.416 e. The number of hydrogen-bond donors (Lipinski definition) is 1. The summed E-state index contributed by atoms with van der Waals surface area (Å²) in [6.45, 7) is 1.06. The number of benzene rings is 2. The highest BCUT2D eigenvalue weighted by molar-refractivity contribution is 5.89. The van der Waals surface area contributed by atoms with E-state index >= 15 is 0 Å². The molecule has 27 heavy (non-hydrogen) atoms. The smallest absolute Gasteiger partial charge is 0.416 e. The lowest BCUT2D eigenvalue weighted by Gasteiger charge is -2.14. The van der Waals surface area contributed by atoms with E-state index in [4.69, 9.17) is 4.74 Å². The summed E-state index contributed by atoms with van der Waals surface area (Å²) in [5, 5.41) is 2.73. The lowest BCUT2D eigenvalue weighted by molar-refractivity contribution is -0.137. The van der Waals surface area contributed by atoms with E-state index in [2.05, 4.69) is 5.32 Å². The molecule has 0 aliphatic carbocycles. The number of halogens is 3. The van der Waals surface area contributed by atoms with Crippen LogP contribution < -0.4 is 10.2 Å². The Labute approximate surface area is 153 Å². The number of rotatable bonds is 5. The molecule has 1 saturated heterocycles. The molecule has 1 heterocycles. The van der Waals surface area contributed by atoms with Crippen molar-refractivity contribution >= 4 is 17.7 Å². The molecular formula is C19H17F3N2O3. The van der Waals surface area contributed by atoms with Gasteiger partial charge in [-0.15, -0.1) is 0 Å². The summed E-state index contributed by atoms with van der Waals surface area (Å²) in [6, 6.07) is 11.7. The van der Waals surface area contributed by atoms with Crippen LogP contribution in [0.15, 0.2) is 48.5 Å². The summed E-state index contributed by atoms with van der Waals surface area (Å²) >= 11 is 0. The molecule has 1 aliphatic rings. The number of ether oxygens (including phenoxy) is 1. The van der Waals surface area contributed by atoms with Gasteiger partial charge in [0.05, 0.1) is 18.5 Å². The van der Waals surface area contributed by atoms with Crippen LogP contribution >= 0.6 is 0 Å². The second kappa shape index (κ2) is 7.69. The first kappa shape index (κ1) is 18.8. The van der Waals surface area contributed by atoms with Crippen LogP contribution in [-0.2, 0) is 28.7 Å². The van der Waals surface area contributed by atoms with Crippen molar-refractivity contribution < 1.29 is 27.5 Å². The number of nitrogens with zero attached hydrogens (tertiary/aromatic N) is 1. The minimum atomic E-state index is -4.40. The van der Waals surface area contributed by atoms with Crippen molar-refractivity contribution in [1.29, 1.82) is 0 Å². The van der Waals surface area contributed by atoms with Crippen molar-refractivity contribution in [1.82, 2.24) is 5.32 Å². The topological polar surface area (TPSA) is 58.6 Å². The molecule has 1 aliphatic heterocycles. The van der Waals surface area contributed by atoms with Gasteiger partial charge in [0.25, 0.3) is 0 Å². The van der Waals surface area contributed by atoms with Crippen LogP contribution in [0.25, 0.3) is 0 Å². The van der Waals surface area contributed by atoms with Gasteiger partial charge in [0.15, 0.2) is 0 Å². The molecule has 3 rings (SSSR count). The number of anilines is 1. The Hall–Kier alpha value is -3.03. The van der Waals surface area contributed by atoms with E-state index in [1.165, 1.54) is 17.0 Å². The summed E-state index contributed by atoms with van der Waals surface area (Å²) in [4.78, 5) is 25.2. The Morgan fingerprint density at radius 2 is 1.85 bits per heavy atom. The van der Waals surface area contributed by atoms with Gasteiger partial charge in [-0.2, -0.15) is 13.2 Å². The third-order valence-corrected chi connectivity index (χ3v) is 4.12. The number of amides is 2. The molecule has 1 fully saturated rings. The number of carbonyl (C=O) groups is 2. The van der Waals surface area contributed by atoms with Gasteiger partial charge in [-0.05, 0) is 35.4 Å². The molecule has 2 aromatic carbocycles. The van der Waals surface area contributed by atoms with Gasteiger partial charge in [-0.25, -0.2) is 4.79 Å². The van der Waals surface area contributed by atoms with E-state index in [1.807, 2.05) is 6.07 Å². The molecule has 0 atom stereocenters. The number of alkyl halides is 3. The Kier molecular flexibility index (Phi) is 5.34. The van der Waals surface area contributed by atoms with Crippen molar-refractivity contribution in [3.05, 3.63) is 65.2 Å². The first-order valence-corrected chi connectivity index (χ1v) is 8.29. The Balaban J connectivity index is 1.55. The third kappa shape index (κ3) is 4.78. The second-order valence-corrected chi connectivity index (χ2v) is 6.08. The highest BCUT2D eigenvalue weighted by Crippen LogP contribution is 2.29. The molecule has 2 aromatic rings. The minimum absolute atomic E-state index is 0.0176. The van der Waals surface area contributed by atoms with Crippen LogP contribution in [0.5, 0.6) is 0 Å². The molecule has 8 heteroatoms. The molecule has 0 aromatic heterocycles. The van der Waals surface area contributed by atoms with Gasteiger partial charge >= 0.3 is 12.3 Å². The summed E-state index contributed by atoms with van der Waals surface area (Å²) < 4.78 is 42.5. The first-order valence-electron chi connectivity index (χ1n) is 8.29. The highest BCUT2D eigenvalue weighted by atomic mass is 19.4. The quantitative estimate of drug-likeness (QED) is 0.866. The molecule has 0 bridgehead atoms. The molecule has 5 nitrogen and oxygen atoms in total. The lowest BCUT2D eigenvalue weighted by Crippen LogP contribution is -2.25. The molecule has 142 valence electrons. The average molecular weight is 378 g/mol. The van der Waals surface area contributed by atoms with E-state index in [-0.39, 0.29) is 18.9 Å². The van der Waals surface area contributed by atoms with Crippen molar-refractivity contribution in [3.63, 3.8) is 0 Å². The zero-order valence-corrected chi connectivity index (χ0v) is 14.3. The first-order chi connectivity index (χ1) is 12.8. The molecule has 0 radical (unpaired) electrons. The van der Waals surface area contributed by atoms with Crippen LogP contribution in [0.4, 0.5) is 23.7 Å². The van der Waals surface area contributed by atoms with Gasteiger partial charge in [-0.1, -0.05) is 24.3 Å². The van der Waals surface area contributed by atoms with E-state index in [9.17, 15) is 22.8 Å². The van der Waals surface area contributed by atoms with Gasteiger partial charge < -0.3 is 10.1 Å². The second-order valence-electron chi connectivity index (χ2n) is 6.08. The molecular weight excluding hydrogens is 361 g/mol. The van der Waals surface area contributed by atoms with Gasteiger partial charge in [0, 0.05) is 12.2 Å². The summed E-state index contributed by atoms with van der Waals surface area (Å²) in [5.74, 6) is -0.305. The fourth-order valence-electron chi connectivity index (χ4n) is 2.72. The van der Waals surface area contributed by atoms with Crippen molar-refractivity contribution in [2.75, 3.05) is 18.1 Å². The maximum atomic E-state index is 12.5. The number of hydrogen-bond acceptors (Lipinski definition) is 3. The monoisotopic (exact) mass is 378 g/mol. The van der Waals surface area contributed by atoms with E-state index in [0.29, 0.717) is 24.4 Å². The van der Waals surface area contributed by atoms with Gasteiger partial charge in [0.2, 0.25) is 5.91 Å². The molecule has 2 amide bonds. The largest absolute Gasteiger partial charge is 0.447 e. The van der Waals surface area contributed by atoms with Crippen molar-refractivity contribution in [2.24, 2.45) is 0 Å². The Morgan fingerprint density at radius 1 is 1.11 bits per heavy atom. The maximum absolute atomic E-state index is 12.5. The Bertz CT molecular complexity index is 835. The SMILES string of the molecule is O=C(Cc1ccc(C(F)(F)F)cc1)NCc1cccc(N2CCOC2=O)c1. The van der Waals surface area contributed by atoms with E-state index < -0.39 is 17.8 Å². The fourth-order valence-corrected chi connectivity index (χ4v) is 2.72. The van der Waals surface area contributed by atoms with Gasteiger partial charge in [-0.3, -0.25) is 9.69 Å². The Morgan fingerprint density at radius 3 is 2.48 bits per heavy atom. The van der Waals surface area contributed by atoms with E-state index in [1.54, 1.807) is 18.2 Å². The molecule has 0 spiro atoms. The number of cyclic esters (lactones) is 1.